The predicted octanol–water partition coefficient (Wildman–Crippen LogP) is 2.61. The van der Waals surface area contributed by atoms with E-state index in [1.807, 2.05) is 13.8 Å². The molecule has 5 nitrogen and oxygen atoms in total. The molecule has 0 heterocycles. The standard InChI is InChI=1S/C14H20F2N2O3/c1-4-8(2)12(17)13(19)18-9-5-6-10(20-3)11(7-9)21-14(15)16/h5-8,12,14H,4,17H2,1-3H3,(H,18,19)/t8?,12-/m0/s1. The Hall–Kier alpha value is -1.89. The van der Waals surface area contributed by atoms with Gasteiger partial charge in [0.2, 0.25) is 5.91 Å². The van der Waals surface area contributed by atoms with Crippen molar-refractivity contribution in [2.75, 3.05) is 12.4 Å². The van der Waals surface area contributed by atoms with Gasteiger partial charge >= 0.3 is 6.61 Å². The first-order chi connectivity index (χ1) is 9.88. The van der Waals surface area contributed by atoms with E-state index in [0.29, 0.717) is 5.69 Å². The lowest BCUT2D eigenvalue weighted by Gasteiger charge is -2.18. The van der Waals surface area contributed by atoms with Crippen molar-refractivity contribution in [3.05, 3.63) is 18.2 Å². The molecule has 118 valence electrons. The SMILES string of the molecule is CCC(C)[C@H](N)C(=O)Nc1ccc(OC)c(OC(F)F)c1. The second kappa shape index (κ2) is 7.78. The summed E-state index contributed by atoms with van der Waals surface area (Å²) in [4.78, 5) is 11.9. The van der Waals surface area contributed by atoms with Gasteiger partial charge in [0, 0.05) is 11.8 Å². The van der Waals surface area contributed by atoms with E-state index in [0.717, 1.165) is 6.42 Å². The Morgan fingerprint density at radius 1 is 1.38 bits per heavy atom. The summed E-state index contributed by atoms with van der Waals surface area (Å²) in [7, 11) is 1.34. The summed E-state index contributed by atoms with van der Waals surface area (Å²) in [6, 6.07) is 3.56. The van der Waals surface area contributed by atoms with Crippen LogP contribution in [0.25, 0.3) is 0 Å². The average Bonchev–Trinajstić information content (AvgIpc) is 2.45. The number of nitrogens with one attached hydrogen (secondary N) is 1. The summed E-state index contributed by atoms with van der Waals surface area (Å²) < 4.78 is 33.9. The molecule has 0 saturated heterocycles. The Balaban J connectivity index is 2.86. The van der Waals surface area contributed by atoms with E-state index in [9.17, 15) is 13.6 Å². The smallest absolute Gasteiger partial charge is 0.387 e. The molecule has 2 atom stereocenters. The minimum absolute atomic E-state index is 0.0139. The molecular formula is C14H20F2N2O3. The summed E-state index contributed by atoms with van der Waals surface area (Å²) in [6.07, 6.45) is 0.761. The van der Waals surface area contributed by atoms with Crippen LogP contribution in [0.15, 0.2) is 18.2 Å². The number of nitrogens with two attached hydrogens (primary N) is 1. The van der Waals surface area contributed by atoms with E-state index >= 15 is 0 Å². The maximum Gasteiger partial charge on any atom is 0.387 e. The second-order valence-electron chi connectivity index (χ2n) is 4.64. The van der Waals surface area contributed by atoms with Gasteiger partial charge in [0.15, 0.2) is 11.5 Å². The molecular weight excluding hydrogens is 282 g/mol. The van der Waals surface area contributed by atoms with Gasteiger partial charge in [-0.2, -0.15) is 8.78 Å². The van der Waals surface area contributed by atoms with Crippen molar-refractivity contribution in [1.29, 1.82) is 0 Å². The van der Waals surface area contributed by atoms with Gasteiger partial charge < -0.3 is 20.5 Å². The number of carbonyl (C=O) groups is 1. The highest BCUT2D eigenvalue weighted by molar-refractivity contribution is 5.95. The molecule has 1 unspecified atom stereocenters. The summed E-state index contributed by atoms with van der Waals surface area (Å²) in [5, 5.41) is 2.58. The van der Waals surface area contributed by atoms with Crippen LogP contribution in [0, 0.1) is 5.92 Å². The molecule has 0 aliphatic rings. The maximum atomic E-state index is 12.3. The van der Waals surface area contributed by atoms with E-state index in [1.54, 1.807) is 0 Å². The molecule has 7 heteroatoms. The Morgan fingerprint density at radius 3 is 2.57 bits per heavy atom. The van der Waals surface area contributed by atoms with Crippen LogP contribution in [0.4, 0.5) is 14.5 Å². The fraction of sp³-hybridized carbons (Fsp3) is 0.500. The van der Waals surface area contributed by atoms with Crippen molar-refractivity contribution in [2.24, 2.45) is 11.7 Å². The molecule has 1 aromatic carbocycles. The van der Waals surface area contributed by atoms with E-state index in [2.05, 4.69) is 10.1 Å². The van der Waals surface area contributed by atoms with Gasteiger partial charge in [0.05, 0.1) is 13.2 Å². The molecule has 1 aromatic rings. The van der Waals surface area contributed by atoms with Crippen LogP contribution in [0.2, 0.25) is 0 Å². The van der Waals surface area contributed by atoms with Gasteiger partial charge in [0.1, 0.15) is 0 Å². The van der Waals surface area contributed by atoms with E-state index in [1.165, 1.54) is 25.3 Å². The fourth-order valence-corrected chi connectivity index (χ4v) is 1.68. The molecule has 1 rings (SSSR count). The van der Waals surface area contributed by atoms with E-state index in [4.69, 9.17) is 10.5 Å². The number of ether oxygens (including phenoxy) is 2. The number of amides is 1. The summed E-state index contributed by atoms with van der Waals surface area (Å²) >= 11 is 0. The topological polar surface area (TPSA) is 73.6 Å². The Kier molecular flexibility index (Phi) is 6.36. The van der Waals surface area contributed by atoms with Crippen LogP contribution in [0.1, 0.15) is 20.3 Å². The molecule has 0 bridgehead atoms. The third kappa shape index (κ3) is 4.86. The van der Waals surface area contributed by atoms with Crippen molar-refractivity contribution in [2.45, 2.75) is 32.9 Å². The van der Waals surface area contributed by atoms with Gasteiger partial charge in [-0.15, -0.1) is 0 Å². The second-order valence-corrected chi connectivity index (χ2v) is 4.64. The molecule has 3 N–H and O–H groups in total. The number of alkyl halides is 2. The molecule has 0 aliphatic heterocycles. The Bertz CT molecular complexity index is 483. The lowest BCUT2D eigenvalue weighted by Crippen LogP contribution is -2.40. The minimum atomic E-state index is -2.98. The number of halogens is 2. The highest BCUT2D eigenvalue weighted by Crippen LogP contribution is 2.31. The quantitative estimate of drug-likeness (QED) is 0.812. The number of hydrogen-bond acceptors (Lipinski definition) is 4. The number of rotatable bonds is 7. The van der Waals surface area contributed by atoms with Gasteiger partial charge in [0.25, 0.3) is 0 Å². The highest BCUT2D eigenvalue weighted by Gasteiger charge is 2.20. The van der Waals surface area contributed by atoms with Crippen molar-refractivity contribution < 1.29 is 23.0 Å². The summed E-state index contributed by atoms with van der Waals surface area (Å²) in [5.41, 5.74) is 6.12. The molecule has 0 aromatic heterocycles. The monoisotopic (exact) mass is 302 g/mol. The fourth-order valence-electron chi connectivity index (χ4n) is 1.68. The lowest BCUT2D eigenvalue weighted by atomic mass is 9.99. The zero-order chi connectivity index (χ0) is 16.0. The first kappa shape index (κ1) is 17.2. The van der Waals surface area contributed by atoms with Crippen LogP contribution < -0.4 is 20.5 Å². The van der Waals surface area contributed by atoms with Crippen molar-refractivity contribution in [3.63, 3.8) is 0 Å². The van der Waals surface area contributed by atoms with Gasteiger partial charge in [-0.3, -0.25) is 4.79 Å². The predicted molar refractivity (Wildman–Crippen MR) is 75.7 cm³/mol. The number of carbonyl (C=O) groups excluding carboxylic acids is 1. The molecule has 0 radical (unpaired) electrons. The number of benzene rings is 1. The summed E-state index contributed by atoms with van der Waals surface area (Å²) in [6.45, 7) is 0.816. The number of methoxy groups -OCH3 is 1. The van der Waals surface area contributed by atoms with Crippen LogP contribution >= 0.6 is 0 Å². The van der Waals surface area contributed by atoms with Gasteiger partial charge in [-0.25, -0.2) is 0 Å². The number of anilines is 1. The normalized spacial score (nSPS) is 13.7. The first-order valence-corrected chi connectivity index (χ1v) is 6.58. The van der Waals surface area contributed by atoms with Gasteiger partial charge in [-0.05, 0) is 18.1 Å². The van der Waals surface area contributed by atoms with Crippen LogP contribution in [0.5, 0.6) is 11.5 Å². The van der Waals surface area contributed by atoms with Crippen molar-refractivity contribution >= 4 is 11.6 Å². The number of hydrogen-bond donors (Lipinski definition) is 2. The molecule has 1 amide bonds. The third-order valence-electron chi connectivity index (χ3n) is 3.21. The summed E-state index contributed by atoms with van der Waals surface area (Å²) in [5.74, 6) is -0.362. The Morgan fingerprint density at radius 2 is 2.05 bits per heavy atom. The van der Waals surface area contributed by atoms with Gasteiger partial charge in [-0.1, -0.05) is 20.3 Å². The lowest BCUT2D eigenvalue weighted by molar-refractivity contribution is -0.118. The average molecular weight is 302 g/mol. The highest BCUT2D eigenvalue weighted by atomic mass is 19.3. The largest absolute Gasteiger partial charge is 0.493 e. The van der Waals surface area contributed by atoms with E-state index in [-0.39, 0.29) is 23.3 Å². The first-order valence-electron chi connectivity index (χ1n) is 6.58. The zero-order valence-electron chi connectivity index (χ0n) is 12.2. The maximum absolute atomic E-state index is 12.3. The van der Waals surface area contributed by atoms with Crippen LogP contribution in [0.3, 0.4) is 0 Å². The molecule has 0 aliphatic carbocycles. The minimum Gasteiger partial charge on any atom is -0.493 e. The van der Waals surface area contributed by atoms with E-state index < -0.39 is 12.7 Å². The molecule has 0 saturated carbocycles. The van der Waals surface area contributed by atoms with Crippen LogP contribution in [-0.4, -0.2) is 25.7 Å². The van der Waals surface area contributed by atoms with Crippen molar-refractivity contribution in [3.8, 4) is 11.5 Å². The molecule has 0 spiro atoms. The zero-order valence-corrected chi connectivity index (χ0v) is 12.2. The molecule has 0 fully saturated rings. The molecule has 21 heavy (non-hydrogen) atoms. The van der Waals surface area contributed by atoms with Crippen LogP contribution in [-0.2, 0) is 4.79 Å². The van der Waals surface area contributed by atoms with Crippen molar-refractivity contribution in [1.82, 2.24) is 0 Å². The Labute approximate surface area is 122 Å². The third-order valence-corrected chi connectivity index (χ3v) is 3.21.